The van der Waals surface area contributed by atoms with E-state index < -0.39 is 0 Å². The Balaban J connectivity index is 2.32. The van der Waals surface area contributed by atoms with Crippen molar-refractivity contribution < 1.29 is 0 Å². The van der Waals surface area contributed by atoms with Crippen molar-refractivity contribution in [1.29, 1.82) is 0 Å². The number of nitrogens with one attached hydrogen (secondary N) is 1. The molecule has 0 aliphatic carbocycles. The molecule has 0 aliphatic heterocycles. The number of hydrogen-bond acceptors (Lipinski definition) is 1. The highest BCUT2D eigenvalue weighted by Crippen LogP contribution is 2.18. The standard InChI is InChI=1S/C16H26ClN/c1-4-5-6-7-9-13(2)18-14(3)15-10-8-11-16(17)12-15/h8,10-14,18H,4-7,9H2,1-3H3/t13?,14-/m0/s1. The Kier molecular flexibility index (Phi) is 7.38. The lowest BCUT2D eigenvalue weighted by atomic mass is 10.0. The highest BCUT2D eigenvalue weighted by Gasteiger charge is 2.09. The van der Waals surface area contributed by atoms with Crippen molar-refractivity contribution in [2.75, 3.05) is 0 Å². The molecule has 18 heavy (non-hydrogen) atoms. The maximum atomic E-state index is 6.02. The van der Waals surface area contributed by atoms with Crippen molar-refractivity contribution in [1.82, 2.24) is 5.32 Å². The topological polar surface area (TPSA) is 12.0 Å². The van der Waals surface area contributed by atoms with Gasteiger partial charge in [0.2, 0.25) is 0 Å². The zero-order chi connectivity index (χ0) is 13.4. The van der Waals surface area contributed by atoms with E-state index in [2.05, 4.69) is 32.2 Å². The Morgan fingerprint density at radius 3 is 2.61 bits per heavy atom. The van der Waals surface area contributed by atoms with Gasteiger partial charge < -0.3 is 5.32 Å². The van der Waals surface area contributed by atoms with E-state index >= 15 is 0 Å². The molecule has 1 rings (SSSR count). The van der Waals surface area contributed by atoms with Crippen LogP contribution in [0.15, 0.2) is 24.3 Å². The van der Waals surface area contributed by atoms with E-state index in [0.717, 1.165) is 5.02 Å². The molecule has 0 radical (unpaired) electrons. The summed E-state index contributed by atoms with van der Waals surface area (Å²) in [4.78, 5) is 0. The molecule has 102 valence electrons. The predicted molar refractivity (Wildman–Crippen MR) is 81.2 cm³/mol. The largest absolute Gasteiger partial charge is 0.308 e. The zero-order valence-electron chi connectivity index (χ0n) is 11.9. The van der Waals surface area contributed by atoms with Gasteiger partial charge in [-0.25, -0.2) is 0 Å². The van der Waals surface area contributed by atoms with Crippen LogP contribution in [0.3, 0.4) is 0 Å². The van der Waals surface area contributed by atoms with Crippen LogP contribution in [-0.4, -0.2) is 6.04 Å². The van der Waals surface area contributed by atoms with Gasteiger partial charge in [-0.1, -0.05) is 56.3 Å². The van der Waals surface area contributed by atoms with E-state index in [4.69, 9.17) is 11.6 Å². The van der Waals surface area contributed by atoms with Gasteiger partial charge in [0.1, 0.15) is 0 Å². The second kappa shape index (κ2) is 8.55. The second-order valence-electron chi connectivity index (χ2n) is 5.19. The van der Waals surface area contributed by atoms with E-state index in [1.165, 1.54) is 37.7 Å². The van der Waals surface area contributed by atoms with Gasteiger partial charge in [-0.3, -0.25) is 0 Å². The predicted octanol–water partition coefficient (Wildman–Crippen LogP) is 5.35. The molecule has 0 fully saturated rings. The van der Waals surface area contributed by atoms with E-state index in [-0.39, 0.29) is 0 Å². The number of rotatable bonds is 8. The first-order chi connectivity index (χ1) is 8.63. The Hall–Kier alpha value is -0.530. The third kappa shape index (κ3) is 5.88. The molecule has 0 amide bonds. The van der Waals surface area contributed by atoms with Crippen molar-refractivity contribution in [3.05, 3.63) is 34.9 Å². The zero-order valence-corrected chi connectivity index (χ0v) is 12.6. The normalized spacial score (nSPS) is 14.4. The highest BCUT2D eigenvalue weighted by atomic mass is 35.5. The fourth-order valence-corrected chi connectivity index (χ4v) is 2.46. The molecule has 1 nitrogen and oxygen atoms in total. The van der Waals surface area contributed by atoms with Crippen LogP contribution < -0.4 is 5.32 Å². The molecule has 1 aromatic carbocycles. The van der Waals surface area contributed by atoms with E-state index in [0.29, 0.717) is 12.1 Å². The summed E-state index contributed by atoms with van der Waals surface area (Å²) in [5, 5.41) is 4.46. The molecule has 0 bridgehead atoms. The van der Waals surface area contributed by atoms with Gasteiger partial charge in [0.05, 0.1) is 0 Å². The summed E-state index contributed by atoms with van der Waals surface area (Å²) in [6, 6.07) is 9.05. The maximum absolute atomic E-state index is 6.02. The van der Waals surface area contributed by atoms with Crippen LogP contribution in [0.4, 0.5) is 0 Å². The maximum Gasteiger partial charge on any atom is 0.0409 e. The van der Waals surface area contributed by atoms with Gasteiger partial charge in [-0.2, -0.15) is 0 Å². The average Bonchev–Trinajstić information content (AvgIpc) is 2.34. The molecular formula is C16H26ClN. The molecule has 0 aromatic heterocycles. The fourth-order valence-electron chi connectivity index (χ4n) is 2.26. The van der Waals surface area contributed by atoms with Crippen LogP contribution in [0, 0.1) is 0 Å². The first-order valence-electron chi connectivity index (χ1n) is 7.15. The summed E-state index contributed by atoms with van der Waals surface area (Å²) in [5.74, 6) is 0. The third-order valence-corrected chi connectivity index (χ3v) is 3.61. The molecule has 0 heterocycles. The highest BCUT2D eigenvalue weighted by molar-refractivity contribution is 6.30. The second-order valence-corrected chi connectivity index (χ2v) is 5.63. The minimum absolute atomic E-state index is 0.366. The van der Waals surface area contributed by atoms with Gasteiger partial charge >= 0.3 is 0 Å². The third-order valence-electron chi connectivity index (χ3n) is 3.37. The summed E-state index contributed by atoms with van der Waals surface area (Å²) < 4.78 is 0. The van der Waals surface area contributed by atoms with Crippen molar-refractivity contribution in [2.45, 2.75) is 65.0 Å². The van der Waals surface area contributed by atoms with Gasteiger partial charge in [0.25, 0.3) is 0 Å². The number of halogens is 1. The minimum atomic E-state index is 0.366. The Labute approximate surface area is 117 Å². The molecule has 0 saturated heterocycles. The Bertz CT molecular complexity index is 338. The molecule has 2 heteroatoms. The Morgan fingerprint density at radius 2 is 1.94 bits per heavy atom. The van der Waals surface area contributed by atoms with E-state index in [1.54, 1.807) is 0 Å². The smallest absolute Gasteiger partial charge is 0.0409 e. The number of unbranched alkanes of at least 4 members (excludes halogenated alkanes) is 3. The Morgan fingerprint density at radius 1 is 1.17 bits per heavy atom. The lowest BCUT2D eigenvalue weighted by Crippen LogP contribution is -2.28. The molecule has 1 aromatic rings. The fraction of sp³-hybridized carbons (Fsp3) is 0.625. The van der Waals surface area contributed by atoms with Gasteiger partial charge in [0.15, 0.2) is 0 Å². The van der Waals surface area contributed by atoms with Crippen LogP contribution in [0.5, 0.6) is 0 Å². The molecule has 0 saturated carbocycles. The van der Waals surface area contributed by atoms with Crippen molar-refractivity contribution in [3.8, 4) is 0 Å². The van der Waals surface area contributed by atoms with Crippen LogP contribution in [0.1, 0.15) is 64.5 Å². The molecule has 0 aliphatic rings. The van der Waals surface area contributed by atoms with Crippen LogP contribution in [0.25, 0.3) is 0 Å². The molecule has 2 atom stereocenters. The van der Waals surface area contributed by atoms with Crippen LogP contribution in [-0.2, 0) is 0 Å². The van der Waals surface area contributed by atoms with E-state index in [9.17, 15) is 0 Å². The molecular weight excluding hydrogens is 242 g/mol. The minimum Gasteiger partial charge on any atom is -0.308 e. The first-order valence-corrected chi connectivity index (χ1v) is 7.52. The van der Waals surface area contributed by atoms with Gasteiger partial charge in [-0.15, -0.1) is 0 Å². The van der Waals surface area contributed by atoms with Crippen molar-refractivity contribution in [3.63, 3.8) is 0 Å². The number of benzene rings is 1. The lowest BCUT2D eigenvalue weighted by molar-refractivity contribution is 0.438. The van der Waals surface area contributed by atoms with Crippen molar-refractivity contribution in [2.24, 2.45) is 0 Å². The van der Waals surface area contributed by atoms with Crippen molar-refractivity contribution >= 4 is 11.6 Å². The summed E-state index contributed by atoms with van der Waals surface area (Å²) in [7, 11) is 0. The summed E-state index contributed by atoms with van der Waals surface area (Å²) in [5.41, 5.74) is 1.27. The lowest BCUT2D eigenvalue weighted by Gasteiger charge is -2.20. The van der Waals surface area contributed by atoms with Gasteiger partial charge in [0, 0.05) is 17.1 Å². The van der Waals surface area contributed by atoms with Gasteiger partial charge in [-0.05, 0) is 38.0 Å². The first kappa shape index (κ1) is 15.5. The molecule has 0 spiro atoms. The monoisotopic (exact) mass is 267 g/mol. The van der Waals surface area contributed by atoms with Crippen LogP contribution in [0.2, 0.25) is 5.02 Å². The van der Waals surface area contributed by atoms with Crippen LogP contribution >= 0.6 is 11.6 Å². The summed E-state index contributed by atoms with van der Waals surface area (Å²) in [6.07, 6.45) is 6.60. The average molecular weight is 268 g/mol. The van der Waals surface area contributed by atoms with E-state index in [1.807, 2.05) is 18.2 Å². The SMILES string of the molecule is CCCCCCC(C)N[C@@H](C)c1cccc(Cl)c1. The summed E-state index contributed by atoms with van der Waals surface area (Å²) in [6.45, 7) is 6.73. The molecule has 1 N–H and O–H groups in total. The summed E-state index contributed by atoms with van der Waals surface area (Å²) >= 11 is 6.02. The number of hydrogen-bond donors (Lipinski definition) is 1. The quantitative estimate of drug-likeness (QED) is 0.626. The molecule has 1 unspecified atom stereocenters.